The first-order chi connectivity index (χ1) is 7.90. The summed E-state index contributed by atoms with van der Waals surface area (Å²) < 4.78 is 31.6. The Labute approximate surface area is 109 Å². The summed E-state index contributed by atoms with van der Waals surface area (Å²) in [4.78, 5) is 0. The standard InChI is InChI=1S/C10H14BrNO4S/c1-7(6-13)17(14,15)12-8-3-4-9(11)10(5-8)16-2/h3-5,7,12-13H,6H2,1-2H3. The van der Waals surface area contributed by atoms with E-state index in [1.807, 2.05) is 0 Å². The van der Waals surface area contributed by atoms with Crippen LogP contribution in [0.5, 0.6) is 5.75 Å². The van der Waals surface area contributed by atoms with Crippen LogP contribution in [0.15, 0.2) is 22.7 Å². The van der Waals surface area contributed by atoms with Crippen molar-refractivity contribution in [2.75, 3.05) is 18.4 Å². The third-order valence-corrected chi connectivity index (χ3v) is 4.58. The molecule has 0 aliphatic heterocycles. The van der Waals surface area contributed by atoms with Crippen LogP contribution in [0.1, 0.15) is 6.92 Å². The number of halogens is 1. The summed E-state index contributed by atoms with van der Waals surface area (Å²) in [6, 6.07) is 4.85. The highest BCUT2D eigenvalue weighted by Crippen LogP contribution is 2.28. The molecule has 0 aromatic heterocycles. The first kappa shape index (κ1) is 14.3. The molecule has 1 unspecified atom stereocenters. The fourth-order valence-corrected chi connectivity index (χ4v) is 2.35. The van der Waals surface area contributed by atoms with Crippen molar-refractivity contribution in [3.05, 3.63) is 22.7 Å². The lowest BCUT2D eigenvalue weighted by atomic mass is 10.3. The summed E-state index contributed by atoms with van der Waals surface area (Å²) in [5, 5.41) is 7.98. The van der Waals surface area contributed by atoms with Crippen molar-refractivity contribution in [2.45, 2.75) is 12.2 Å². The second kappa shape index (κ2) is 5.70. The van der Waals surface area contributed by atoms with Gasteiger partial charge in [0.25, 0.3) is 0 Å². The number of hydrogen-bond donors (Lipinski definition) is 2. The number of anilines is 1. The molecule has 0 saturated heterocycles. The van der Waals surface area contributed by atoms with E-state index in [4.69, 9.17) is 9.84 Å². The van der Waals surface area contributed by atoms with Crippen LogP contribution in [0.25, 0.3) is 0 Å². The van der Waals surface area contributed by atoms with Gasteiger partial charge in [-0.25, -0.2) is 8.42 Å². The summed E-state index contributed by atoms with van der Waals surface area (Å²) in [7, 11) is -2.08. The molecule has 0 spiro atoms. The molecule has 0 heterocycles. The molecule has 1 rings (SSSR count). The molecule has 96 valence electrons. The molecule has 2 N–H and O–H groups in total. The summed E-state index contributed by atoms with van der Waals surface area (Å²) in [6.45, 7) is 1.00. The van der Waals surface area contributed by atoms with Crippen LogP contribution in [0.4, 0.5) is 5.69 Å². The van der Waals surface area contributed by atoms with Crippen molar-refractivity contribution >= 4 is 31.6 Å². The summed E-state index contributed by atoms with van der Waals surface area (Å²) >= 11 is 3.27. The lowest BCUT2D eigenvalue weighted by Crippen LogP contribution is -2.28. The zero-order valence-corrected chi connectivity index (χ0v) is 11.9. The van der Waals surface area contributed by atoms with Gasteiger partial charge in [-0.2, -0.15) is 0 Å². The summed E-state index contributed by atoms with van der Waals surface area (Å²) in [5.74, 6) is 0.529. The predicted molar refractivity (Wildman–Crippen MR) is 69.8 cm³/mol. The number of nitrogens with one attached hydrogen (secondary N) is 1. The zero-order chi connectivity index (χ0) is 13.1. The van der Waals surface area contributed by atoms with Gasteiger partial charge in [-0.15, -0.1) is 0 Å². The van der Waals surface area contributed by atoms with Gasteiger partial charge in [0.1, 0.15) is 11.0 Å². The van der Waals surface area contributed by atoms with Crippen LogP contribution in [-0.2, 0) is 10.0 Å². The van der Waals surface area contributed by atoms with Crippen LogP contribution in [0.2, 0.25) is 0 Å². The summed E-state index contributed by atoms with van der Waals surface area (Å²) in [5.41, 5.74) is 0.394. The maximum atomic E-state index is 11.7. The van der Waals surface area contributed by atoms with Crippen molar-refractivity contribution < 1.29 is 18.3 Å². The van der Waals surface area contributed by atoms with E-state index < -0.39 is 21.9 Å². The maximum Gasteiger partial charge on any atom is 0.237 e. The fraction of sp³-hybridized carbons (Fsp3) is 0.400. The number of aliphatic hydroxyl groups excluding tert-OH is 1. The van der Waals surface area contributed by atoms with E-state index in [9.17, 15) is 8.42 Å². The Morgan fingerprint density at radius 1 is 1.53 bits per heavy atom. The van der Waals surface area contributed by atoms with Gasteiger partial charge in [-0.3, -0.25) is 4.72 Å². The first-order valence-electron chi connectivity index (χ1n) is 4.86. The minimum Gasteiger partial charge on any atom is -0.495 e. The Kier molecular flexibility index (Phi) is 4.79. The van der Waals surface area contributed by atoms with E-state index in [2.05, 4.69) is 20.7 Å². The van der Waals surface area contributed by atoms with Gasteiger partial charge in [0.15, 0.2) is 0 Å². The highest BCUT2D eigenvalue weighted by atomic mass is 79.9. The quantitative estimate of drug-likeness (QED) is 0.862. The number of rotatable bonds is 5. The molecule has 0 saturated carbocycles. The highest BCUT2D eigenvalue weighted by Gasteiger charge is 2.19. The number of ether oxygens (including phenoxy) is 1. The van der Waals surface area contributed by atoms with E-state index >= 15 is 0 Å². The average molecular weight is 324 g/mol. The first-order valence-corrected chi connectivity index (χ1v) is 7.20. The largest absolute Gasteiger partial charge is 0.495 e. The van der Waals surface area contributed by atoms with Crippen LogP contribution in [0.3, 0.4) is 0 Å². The number of sulfonamides is 1. The molecule has 0 amide bonds. The molecule has 17 heavy (non-hydrogen) atoms. The Morgan fingerprint density at radius 3 is 2.71 bits per heavy atom. The molecular weight excluding hydrogens is 310 g/mol. The molecule has 5 nitrogen and oxygen atoms in total. The molecule has 0 radical (unpaired) electrons. The Bertz CT molecular complexity index is 489. The SMILES string of the molecule is COc1cc(NS(=O)(=O)C(C)CO)ccc1Br. The smallest absolute Gasteiger partial charge is 0.237 e. The Balaban J connectivity index is 2.96. The average Bonchev–Trinajstić information content (AvgIpc) is 2.30. The summed E-state index contributed by atoms with van der Waals surface area (Å²) in [6.07, 6.45) is 0. The molecule has 1 aromatic carbocycles. The normalized spacial score (nSPS) is 13.2. The predicted octanol–water partition coefficient (Wildman–Crippen LogP) is 1.58. The second-order valence-corrected chi connectivity index (χ2v) is 6.44. The molecule has 0 fully saturated rings. The highest BCUT2D eigenvalue weighted by molar-refractivity contribution is 9.10. The van der Waals surface area contributed by atoms with Crippen molar-refractivity contribution in [2.24, 2.45) is 0 Å². The van der Waals surface area contributed by atoms with Gasteiger partial charge >= 0.3 is 0 Å². The van der Waals surface area contributed by atoms with Gasteiger partial charge < -0.3 is 9.84 Å². The third kappa shape index (κ3) is 3.58. The van der Waals surface area contributed by atoms with E-state index in [0.29, 0.717) is 11.4 Å². The fourth-order valence-electron chi connectivity index (χ4n) is 1.09. The molecule has 7 heteroatoms. The zero-order valence-electron chi connectivity index (χ0n) is 9.47. The van der Waals surface area contributed by atoms with E-state index in [1.54, 1.807) is 18.2 Å². The van der Waals surface area contributed by atoms with Crippen molar-refractivity contribution in [1.82, 2.24) is 0 Å². The van der Waals surface area contributed by atoms with Gasteiger partial charge in [-0.05, 0) is 35.0 Å². The third-order valence-electron chi connectivity index (χ3n) is 2.20. The Hall–Kier alpha value is -0.790. The van der Waals surface area contributed by atoms with Gasteiger partial charge in [0, 0.05) is 6.07 Å². The number of hydrogen-bond acceptors (Lipinski definition) is 4. The molecular formula is C10H14BrNO4S. The van der Waals surface area contributed by atoms with Gasteiger partial charge in [0.05, 0.1) is 23.9 Å². The topological polar surface area (TPSA) is 75.6 Å². The lowest BCUT2D eigenvalue weighted by molar-refractivity contribution is 0.296. The van der Waals surface area contributed by atoms with E-state index in [-0.39, 0.29) is 0 Å². The van der Waals surface area contributed by atoms with Crippen LogP contribution < -0.4 is 9.46 Å². The van der Waals surface area contributed by atoms with Crippen LogP contribution in [0, 0.1) is 0 Å². The van der Waals surface area contributed by atoms with Crippen LogP contribution >= 0.6 is 15.9 Å². The maximum absolute atomic E-state index is 11.7. The molecule has 1 atom stereocenters. The molecule has 0 bridgehead atoms. The van der Waals surface area contributed by atoms with Crippen molar-refractivity contribution in [1.29, 1.82) is 0 Å². The van der Waals surface area contributed by atoms with E-state index in [1.165, 1.54) is 14.0 Å². The van der Waals surface area contributed by atoms with E-state index in [0.717, 1.165) is 4.47 Å². The Morgan fingerprint density at radius 2 is 2.18 bits per heavy atom. The van der Waals surface area contributed by atoms with Crippen molar-refractivity contribution in [3.8, 4) is 5.75 Å². The second-order valence-electron chi connectivity index (χ2n) is 3.49. The van der Waals surface area contributed by atoms with Crippen molar-refractivity contribution in [3.63, 3.8) is 0 Å². The lowest BCUT2D eigenvalue weighted by Gasteiger charge is -2.13. The van der Waals surface area contributed by atoms with Crippen LogP contribution in [-0.4, -0.2) is 32.5 Å². The monoisotopic (exact) mass is 323 g/mol. The minimum atomic E-state index is -3.57. The molecule has 0 aliphatic carbocycles. The number of aliphatic hydroxyl groups is 1. The molecule has 0 aliphatic rings. The molecule has 1 aromatic rings. The minimum absolute atomic E-state index is 0.394. The van der Waals surface area contributed by atoms with Gasteiger partial charge in [0.2, 0.25) is 10.0 Å². The number of benzene rings is 1. The number of methoxy groups -OCH3 is 1. The van der Waals surface area contributed by atoms with Gasteiger partial charge in [-0.1, -0.05) is 0 Å².